The van der Waals surface area contributed by atoms with Gasteiger partial charge in [0.15, 0.2) is 0 Å². The molecule has 0 aromatic heterocycles. The molecule has 0 spiro atoms. The average molecular weight is 247 g/mol. The van der Waals surface area contributed by atoms with Gasteiger partial charge in [0.2, 0.25) is 0 Å². The fourth-order valence-corrected chi connectivity index (χ4v) is 1.40. The second-order valence-corrected chi connectivity index (χ2v) is 3.42. The minimum atomic E-state index is -0.484. The second-order valence-electron chi connectivity index (χ2n) is 2.56. The molecule has 0 aliphatic rings. The Morgan fingerprint density at radius 3 is 2.85 bits per heavy atom. The van der Waals surface area contributed by atoms with Crippen molar-refractivity contribution in [3.63, 3.8) is 0 Å². The van der Waals surface area contributed by atoms with E-state index in [2.05, 4.69) is 15.9 Å². The van der Waals surface area contributed by atoms with E-state index < -0.39 is 5.82 Å². The molecular formula is C9H8BrFO2. The lowest BCUT2D eigenvalue weighted by Crippen LogP contribution is -1.92. The molecule has 0 aliphatic carbocycles. The molecule has 13 heavy (non-hydrogen) atoms. The molecule has 0 aliphatic heterocycles. The first kappa shape index (κ1) is 10.2. The van der Waals surface area contributed by atoms with Crippen molar-refractivity contribution >= 4 is 22.2 Å². The number of aldehydes is 1. The summed E-state index contributed by atoms with van der Waals surface area (Å²) in [4.78, 5) is 10.1. The highest BCUT2D eigenvalue weighted by atomic mass is 79.9. The number of aromatic hydroxyl groups is 1. The second kappa shape index (κ2) is 4.37. The van der Waals surface area contributed by atoms with Gasteiger partial charge in [-0.3, -0.25) is 0 Å². The van der Waals surface area contributed by atoms with Crippen LogP contribution in [0.5, 0.6) is 5.75 Å². The summed E-state index contributed by atoms with van der Waals surface area (Å²) in [6.45, 7) is 0. The zero-order valence-corrected chi connectivity index (χ0v) is 8.34. The monoisotopic (exact) mass is 246 g/mol. The quantitative estimate of drug-likeness (QED) is 0.833. The zero-order chi connectivity index (χ0) is 9.84. The molecule has 1 aromatic rings. The molecule has 2 nitrogen and oxygen atoms in total. The van der Waals surface area contributed by atoms with Crippen LogP contribution < -0.4 is 0 Å². The average Bonchev–Trinajstić information content (AvgIpc) is 2.12. The first-order chi connectivity index (χ1) is 6.16. The van der Waals surface area contributed by atoms with Crippen molar-refractivity contribution in [2.45, 2.75) is 12.8 Å². The van der Waals surface area contributed by atoms with E-state index in [0.29, 0.717) is 10.8 Å². The van der Waals surface area contributed by atoms with Gasteiger partial charge < -0.3 is 9.90 Å². The third kappa shape index (κ3) is 2.28. The lowest BCUT2D eigenvalue weighted by Gasteiger charge is -2.05. The Kier molecular flexibility index (Phi) is 3.42. The molecule has 0 saturated carbocycles. The maximum absolute atomic E-state index is 13.1. The topological polar surface area (TPSA) is 37.3 Å². The lowest BCUT2D eigenvalue weighted by molar-refractivity contribution is -0.107. The standard InChI is InChI=1S/C9H8BrFO2/c10-7-3-4-8(11)6(9(7)13)2-1-5-12/h3-5,13H,1-2H2. The van der Waals surface area contributed by atoms with Crippen LogP contribution in [0.2, 0.25) is 0 Å². The lowest BCUT2D eigenvalue weighted by atomic mass is 10.1. The smallest absolute Gasteiger partial charge is 0.135 e. The number of phenolic OH excluding ortho intramolecular Hbond substituents is 1. The molecule has 0 radical (unpaired) electrons. The van der Waals surface area contributed by atoms with Crippen LogP contribution in [-0.2, 0) is 11.2 Å². The fourth-order valence-electron chi connectivity index (χ4n) is 1.02. The van der Waals surface area contributed by atoms with Gasteiger partial charge in [-0.25, -0.2) is 4.39 Å². The summed E-state index contributed by atoms with van der Waals surface area (Å²) < 4.78 is 13.5. The predicted molar refractivity (Wildman–Crippen MR) is 50.1 cm³/mol. The Labute approximate surface area is 83.5 Å². The van der Waals surface area contributed by atoms with Crippen molar-refractivity contribution in [1.82, 2.24) is 0 Å². The van der Waals surface area contributed by atoms with Crippen LogP contribution in [0.25, 0.3) is 0 Å². The van der Waals surface area contributed by atoms with E-state index in [0.717, 1.165) is 0 Å². The molecule has 1 N–H and O–H groups in total. The van der Waals surface area contributed by atoms with E-state index in [-0.39, 0.29) is 24.2 Å². The van der Waals surface area contributed by atoms with E-state index in [9.17, 15) is 14.3 Å². The van der Waals surface area contributed by atoms with E-state index >= 15 is 0 Å². The molecule has 1 rings (SSSR count). The summed E-state index contributed by atoms with van der Waals surface area (Å²) in [5.41, 5.74) is 0.182. The molecule has 0 amide bonds. The normalized spacial score (nSPS) is 10.0. The van der Waals surface area contributed by atoms with Gasteiger partial charge in [-0.15, -0.1) is 0 Å². The van der Waals surface area contributed by atoms with Crippen LogP contribution in [0.4, 0.5) is 4.39 Å². The Morgan fingerprint density at radius 2 is 2.23 bits per heavy atom. The molecule has 4 heteroatoms. The number of rotatable bonds is 3. The van der Waals surface area contributed by atoms with E-state index in [1.165, 1.54) is 12.1 Å². The van der Waals surface area contributed by atoms with Crippen molar-refractivity contribution in [3.05, 3.63) is 28.0 Å². The van der Waals surface area contributed by atoms with Crippen molar-refractivity contribution in [2.24, 2.45) is 0 Å². The maximum Gasteiger partial charge on any atom is 0.135 e. The third-order valence-electron chi connectivity index (χ3n) is 1.69. The van der Waals surface area contributed by atoms with Gasteiger partial charge >= 0.3 is 0 Å². The third-order valence-corrected chi connectivity index (χ3v) is 2.33. The molecule has 0 saturated heterocycles. The number of halogens is 2. The number of carbonyl (C=O) groups excluding carboxylic acids is 1. The van der Waals surface area contributed by atoms with Crippen LogP contribution in [0, 0.1) is 5.82 Å². The molecule has 0 unspecified atom stereocenters. The summed E-state index contributed by atoms with van der Waals surface area (Å²) in [6.07, 6.45) is 1.13. The minimum Gasteiger partial charge on any atom is -0.506 e. The minimum absolute atomic E-state index is 0.123. The van der Waals surface area contributed by atoms with Gasteiger partial charge in [0.05, 0.1) is 4.47 Å². The van der Waals surface area contributed by atoms with Crippen LogP contribution in [0.1, 0.15) is 12.0 Å². The van der Waals surface area contributed by atoms with Crippen LogP contribution in [0.3, 0.4) is 0 Å². The highest BCUT2D eigenvalue weighted by molar-refractivity contribution is 9.10. The van der Waals surface area contributed by atoms with Gasteiger partial charge in [-0.1, -0.05) is 0 Å². The largest absolute Gasteiger partial charge is 0.506 e. The number of hydrogen-bond donors (Lipinski definition) is 1. The SMILES string of the molecule is O=CCCc1c(F)ccc(Br)c1O. The van der Waals surface area contributed by atoms with Crippen molar-refractivity contribution in [1.29, 1.82) is 0 Å². The van der Waals surface area contributed by atoms with Crippen molar-refractivity contribution in [2.75, 3.05) is 0 Å². The Bertz CT molecular complexity index is 326. The number of carbonyl (C=O) groups is 1. The summed E-state index contributed by atoms with van der Waals surface area (Å²) in [5.74, 6) is -0.607. The molecule has 0 atom stereocenters. The highest BCUT2D eigenvalue weighted by Gasteiger charge is 2.10. The van der Waals surface area contributed by atoms with E-state index in [1.54, 1.807) is 0 Å². The molecule has 0 fully saturated rings. The maximum atomic E-state index is 13.1. The summed E-state index contributed by atoms with van der Waals surface area (Å²) >= 11 is 3.07. The summed E-state index contributed by atoms with van der Waals surface area (Å²) in [7, 11) is 0. The first-order valence-corrected chi connectivity index (χ1v) is 4.55. The van der Waals surface area contributed by atoms with Gasteiger partial charge in [0, 0.05) is 12.0 Å². The van der Waals surface area contributed by atoms with Crippen molar-refractivity contribution in [3.8, 4) is 5.75 Å². The number of benzene rings is 1. The molecule has 1 aromatic carbocycles. The fraction of sp³-hybridized carbons (Fsp3) is 0.222. The van der Waals surface area contributed by atoms with Crippen LogP contribution in [0.15, 0.2) is 16.6 Å². The number of phenols is 1. The van der Waals surface area contributed by atoms with Gasteiger partial charge in [0.25, 0.3) is 0 Å². The Morgan fingerprint density at radius 1 is 1.54 bits per heavy atom. The molecular weight excluding hydrogens is 239 g/mol. The summed E-state index contributed by atoms with van der Waals surface area (Å²) in [6, 6.07) is 2.68. The Balaban J connectivity index is 3.02. The zero-order valence-electron chi connectivity index (χ0n) is 6.76. The van der Waals surface area contributed by atoms with E-state index in [1.807, 2.05) is 0 Å². The Hall–Kier alpha value is -0.900. The molecule has 70 valence electrons. The van der Waals surface area contributed by atoms with Gasteiger partial charge in [-0.05, 0) is 34.5 Å². The summed E-state index contributed by atoms with van der Waals surface area (Å²) in [5, 5.41) is 9.40. The van der Waals surface area contributed by atoms with E-state index in [4.69, 9.17) is 0 Å². The van der Waals surface area contributed by atoms with Crippen LogP contribution in [-0.4, -0.2) is 11.4 Å². The molecule has 0 heterocycles. The highest BCUT2D eigenvalue weighted by Crippen LogP contribution is 2.30. The molecule has 0 bridgehead atoms. The van der Waals surface area contributed by atoms with Crippen molar-refractivity contribution < 1.29 is 14.3 Å². The first-order valence-electron chi connectivity index (χ1n) is 3.76. The van der Waals surface area contributed by atoms with Gasteiger partial charge in [0.1, 0.15) is 17.9 Å². The van der Waals surface area contributed by atoms with Crippen LogP contribution >= 0.6 is 15.9 Å². The van der Waals surface area contributed by atoms with Gasteiger partial charge in [-0.2, -0.15) is 0 Å². The number of hydrogen-bond acceptors (Lipinski definition) is 2. The predicted octanol–water partition coefficient (Wildman–Crippen LogP) is 2.43.